The first-order valence-electron chi connectivity index (χ1n) is 22.6. The lowest BCUT2D eigenvalue weighted by Crippen LogP contribution is -2.57. The molecule has 1 aliphatic heterocycles. The number of carbonyl (C=O) groups is 3. The van der Waals surface area contributed by atoms with Crippen LogP contribution in [0.25, 0.3) is 43.7 Å². The van der Waals surface area contributed by atoms with Crippen molar-refractivity contribution in [2.45, 2.75) is 85.3 Å². The Morgan fingerprint density at radius 3 is 2.44 bits per heavy atom. The standard InChI is InChI=1S/C49H54FN11O7S2/c1-6-70(66,67)59-37-16-13-32(19-39(37)68-26-30-9-14-34(50)15-10-30)42-41-43(58-57-42)36(23-52-46(41)51)33-22-55-60(24-33)18-17-40(63)56-45(49(3,4)5)48(65)61-25-35(62)20-38(61)47(64)53-21-29-7-11-31(12-8-29)44-28(2)54-27-69-44/h7-16,19,22-24,27,35,38,45,59,62H,6,17-18,20-21,25-26H2,1-5H3,(H2,51,52)(H,53,64)(H,56,63)(H,57,58)/t35-,38+,45-/m1/s1. The molecule has 5 heterocycles. The van der Waals surface area contributed by atoms with E-state index in [2.05, 4.69) is 40.6 Å². The zero-order valence-electron chi connectivity index (χ0n) is 39.2. The van der Waals surface area contributed by atoms with Crippen LogP contribution in [0.4, 0.5) is 15.9 Å². The largest absolute Gasteiger partial charge is 0.487 e. The molecule has 21 heteroatoms. The van der Waals surface area contributed by atoms with Gasteiger partial charge in [-0.05, 0) is 60.2 Å². The zero-order valence-corrected chi connectivity index (χ0v) is 40.8. The highest BCUT2D eigenvalue weighted by Gasteiger charge is 2.44. The fraction of sp³-hybridized carbons (Fsp3) is 0.327. The number of pyridine rings is 1. The number of aromatic amines is 1. The Balaban J connectivity index is 0.928. The van der Waals surface area contributed by atoms with E-state index in [1.54, 1.807) is 70.5 Å². The summed E-state index contributed by atoms with van der Waals surface area (Å²) in [5, 5.41) is 29.1. The smallest absolute Gasteiger partial charge is 0.246 e. The number of β-amino-alcohol motifs (C(OH)–C–C–N with tert-alkyl or cyclic N) is 1. The number of aliphatic hydroxyl groups is 1. The molecule has 1 aliphatic rings. The molecule has 1 saturated heterocycles. The van der Waals surface area contributed by atoms with E-state index in [9.17, 15) is 32.3 Å². The van der Waals surface area contributed by atoms with Crippen molar-refractivity contribution in [1.29, 1.82) is 0 Å². The number of carbonyl (C=O) groups excluding carboxylic acids is 3. The van der Waals surface area contributed by atoms with Crippen LogP contribution in [0.2, 0.25) is 0 Å². The van der Waals surface area contributed by atoms with Gasteiger partial charge in [0.1, 0.15) is 41.8 Å². The van der Waals surface area contributed by atoms with Gasteiger partial charge in [-0.15, -0.1) is 11.3 Å². The van der Waals surface area contributed by atoms with E-state index in [-0.39, 0.29) is 62.1 Å². The number of rotatable bonds is 17. The van der Waals surface area contributed by atoms with Gasteiger partial charge in [-0.2, -0.15) is 10.2 Å². The lowest BCUT2D eigenvalue weighted by molar-refractivity contribution is -0.144. The van der Waals surface area contributed by atoms with Crippen LogP contribution >= 0.6 is 11.3 Å². The number of nitrogens with zero attached hydrogens (tertiary/aromatic N) is 6. The Bertz CT molecular complexity index is 3150. The molecule has 7 aromatic rings. The number of hydrogen-bond acceptors (Lipinski definition) is 13. The number of benzene rings is 3. The summed E-state index contributed by atoms with van der Waals surface area (Å²) in [6.07, 6.45) is 4.07. The number of thiazole rings is 1. The molecule has 3 amide bonds. The third-order valence-corrected chi connectivity index (χ3v) is 14.3. The van der Waals surface area contributed by atoms with Gasteiger partial charge >= 0.3 is 0 Å². The molecule has 0 unspecified atom stereocenters. The second-order valence-electron chi connectivity index (χ2n) is 18.2. The quantitative estimate of drug-likeness (QED) is 0.0598. The maximum Gasteiger partial charge on any atom is 0.246 e. The van der Waals surface area contributed by atoms with Crippen molar-refractivity contribution in [3.63, 3.8) is 0 Å². The average Bonchev–Trinajstić information content (AvgIpc) is 4.17. The van der Waals surface area contributed by atoms with Gasteiger partial charge in [0, 0.05) is 61.6 Å². The van der Waals surface area contributed by atoms with Gasteiger partial charge in [0.05, 0.1) is 50.7 Å². The van der Waals surface area contributed by atoms with E-state index >= 15 is 0 Å². The Morgan fingerprint density at radius 1 is 1.01 bits per heavy atom. The van der Waals surface area contributed by atoms with Crippen LogP contribution in [-0.2, 0) is 44.1 Å². The second-order valence-corrected chi connectivity index (χ2v) is 21.1. The highest BCUT2D eigenvalue weighted by atomic mass is 32.2. The van der Waals surface area contributed by atoms with E-state index in [0.29, 0.717) is 38.9 Å². The predicted octanol–water partition coefficient (Wildman–Crippen LogP) is 6.18. The Labute approximate surface area is 407 Å². The van der Waals surface area contributed by atoms with Gasteiger partial charge in [-0.25, -0.2) is 22.8 Å². The topological polar surface area (TPSA) is 252 Å². The average molecular weight is 992 g/mol. The van der Waals surface area contributed by atoms with E-state index in [1.807, 2.05) is 52.0 Å². The van der Waals surface area contributed by atoms with Crippen molar-refractivity contribution in [3.8, 4) is 38.6 Å². The Morgan fingerprint density at radius 2 is 1.74 bits per heavy atom. The number of H-pyrrole nitrogens is 1. The number of amides is 3. The van der Waals surface area contributed by atoms with Gasteiger partial charge in [-0.1, -0.05) is 63.2 Å². The van der Waals surface area contributed by atoms with Crippen molar-refractivity contribution >= 4 is 61.5 Å². The third-order valence-electron chi connectivity index (χ3n) is 12.1. The number of ether oxygens (including phenoxy) is 1. The summed E-state index contributed by atoms with van der Waals surface area (Å²) in [6, 6.07) is 16.5. The van der Waals surface area contributed by atoms with Crippen molar-refractivity contribution in [2.24, 2.45) is 5.41 Å². The lowest BCUT2D eigenvalue weighted by Gasteiger charge is -2.35. The number of nitrogens with two attached hydrogens (primary N) is 1. The molecule has 0 spiro atoms. The molecular formula is C49H54FN11O7S2. The second kappa shape index (κ2) is 20.4. The first-order valence-corrected chi connectivity index (χ1v) is 25.1. The molecule has 3 aromatic carbocycles. The van der Waals surface area contributed by atoms with Gasteiger partial charge in [0.15, 0.2) is 0 Å². The molecule has 3 atom stereocenters. The number of aromatic nitrogens is 6. The summed E-state index contributed by atoms with van der Waals surface area (Å²) in [5.74, 6) is -1.44. The summed E-state index contributed by atoms with van der Waals surface area (Å²) < 4.78 is 48.9. The predicted molar refractivity (Wildman–Crippen MR) is 265 cm³/mol. The fourth-order valence-corrected chi connectivity index (χ4v) is 9.65. The SMILES string of the molecule is CCS(=O)(=O)Nc1ccc(-c2n[nH]c3c(-c4cnn(CCC(=O)N[C@H](C(=O)N5C[C@H](O)C[C@H]5C(=O)NCc5ccc(-c6scnc6C)cc5)C(C)(C)C)c4)cnc(N)c23)cc1OCc1ccc(F)cc1. The molecule has 18 nitrogen and oxygen atoms in total. The van der Waals surface area contributed by atoms with Crippen molar-refractivity contribution in [3.05, 3.63) is 113 Å². The monoisotopic (exact) mass is 991 g/mol. The Kier molecular flexibility index (Phi) is 14.3. The fourth-order valence-electron chi connectivity index (χ4n) is 8.19. The summed E-state index contributed by atoms with van der Waals surface area (Å²) in [4.78, 5) is 52.6. The van der Waals surface area contributed by atoms with Crippen molar-refractivity contribution < 1.29 is 37.0 Å². The zero-order chi connectivity index (χ0) is 49.9. The number of aryl methyl sites for hydroxylation is 2. The number of halogens is 1. The van der Waals surface area contributed by atoms with Crippen LogP contribution < -0.4 is 25.8 Å². The first kappa shape index (κ1) is 49.2. The minimum Gasteiger partial charge on any atom is -0.487 e. The molecule has 7 N–H and O–H groups in total. The number of aliphatic hydroxyl groups excluding tert-OH is 1. The van der Waals surface area contributed by atoms with Crippen molar-refractivity contribution in [1.82, 2.24) is 45.5 Å². The highest BCUT2D eigenvalue weighted by Crippen LogP contribution is 2.39. The molecule has 0 saturated carbocycles. The maximum atomic E-state index is 14.2. The number of anilines is 2. The number of likely N-dealkylation sites (tertiary alicyclic amines) is 1. The van der Waals surface area contributed by atoms with Gasteiger partial charge in [0.25, 0.3) is 0 Å². The molecule has 0 bridgehead atoms. The summed E-state index contributed by atoms with van der Waals surface area (Å²) in [6.45, 7) is 9.31. The van der Waals surface area contributed by atoms with E-state index < -0.39 is 57.2 Å². The number of fused-ring (bicyclic) bond motifs is 1. The molecule has 4 aromatic heterocycles. The highest BCUT2D eigenvalue weighted by molar-refractivity contribution is 7.92. The van der Waals surface area contributed by atoms with E-state index in [4.69, 9.17) is 10.5 Å². The number of nitrogen functional groups attached to an aromatic ring is 1. The van der Waals surface area contributed by atoms with E-state index in [1.165, 1.54) is 24.0 Å². The lowest BCUT2D eigenvalue weighted by atomic mass is 9.85. The molecular weight excluding hydrogens is 938 g/mol. The van der Waals surface area contributed by atoms with Gasteiger partial charge in [0.2, 0.25) is 27.7 Å². The summed E-state index contributed by atoms with van der Waals surface area (Å²) in [5.41, 5.74) is 14.0. The first-order chi connectivity index (χ1) is 33.4. The number of hydrogen-bond donors (Lipinski definition) is 6. The van der Waals surface area contributed by atoms with Crippen LogP contribution in [0, 0.1) is 18.2 Å². The number of sulfonamides is 1. The normalized spacial score (nSPS) is 15.5. The van der Waals surface area contributed by atoms with Crippen LogP contribution in [0.3, 0.4) is 0 Å². The molecule has 0 radical (unpaired) electrons. The molecule has 8 rings (SSSR count). The summed E-state index contributed by atoms with van der Waals surface area (Å²) >= 11 is 1.56. The third kappa shape index (κ3) is 11.1. The van der Waals surface area contributed by atoms with E-state index in [0.717, 1.165) is 21.7 Å². The molecule has 70 heavy (non-hydrogen) atoms. The van der Waals surface area contributed by atoms with Crippen LogP contribution in [0.15, 0.2) is 90.8 Å². The molecule has 1 fully saturated rings. The summed E-state index contributed by atoms with van der Waals surface area (Å²) in [7, 11) is -3.67. The van der Waals surface area contributed by atoms with Crippen LogP contribution in [0.1, 0.15) is 57.4 Å². The molecule has 366 valence electrons. The Hall–Kier alpha value is -7.23. The van der Waals surface area contributed by atoms with Crippen molar-refractivity contribution in [2.75, 3.05) is 22.8 Å². The van der Waals surface area contributed by atoms with Gasteiger partial charge in [-0.3, -0.25) is 28.9 Å². The van der Waals surface area contributed by atoms with Crippen LogP contribution in [-0.4, -0.2) is 96.6 Å². The van der Waals surface area contributed by atoms with Gasteiger partial charge < -0.3 is 31.1 Å². The minimum absolute atomic E-state index is 0.0254. The minimum atomic E-state index is -3.67. The number of nitrogens with one attached hydrogen (secondary N) is 4. The van der Waals surface area contributed by atoms with Crippen LogP contribution in [0.5, 0.6) is 5.75 Å². The maximum absolute atomic E-state index is 14.2. The molecule has 0 aliphatic carbocycles.